The lowest BCUT2D eigenvalue weighted by molar-refractivity contribution is 0.0532. The van der Waals surface area contributed by atoms with Crippen LogP contribution in [0.2, 0.25) is 0 Å². The van der Waals surface area contributed by atoms with Crippen LogP contribution >= 0.6 is 23.7 Å². The molecule has 1 aromatic heterocycles. The number of nitrogens with two attached hydrogens (primary N) is 1. The van der Waals surface area contributed by atoms with Crippen LogP contribution in [0.4, 0.5) is 0 Å². The second-order valence-corrected chi connectivity index (χ2v) is 9.27. The molecule has 0 amide bonds. The highest BCUT2D eigenvalue weighted by molar-refractivity contribution is 7.89. The van der Waals surface area contributed by atoms with Crippen LogP contribution in [0.15, 0.2) is 29.2 Å². The number of carbonyl (C=O) groups excluding carboxylic acids is 1. The van der Waals surface area contributed by atoms with Gasteiger partial charge in [-0.15, -0.1) is 23.7 Å². The van der Waals surface area contributed by atoms with E-state index in [0.717, 1.165) is 16.5 Å². The third-order valence-corrected chi connectivity index (χ3v) is 7.58. The van der Waals surface area contributed by atoms with Gasteiger partial charge < -0.3 is 10.5 Å². The van der Waals surface area contributed by atoms with E-state index < -0.39 is 10.0 Å². The predicted molar refractivity (Wildman–Crippen MR) is 106 cm³/mol. The Bertz CT molecular complexity index is 897. The van der Waals surface area contributed by atoms with Crippen molar-refractivity contribution in [3.63, 3.8) is 0 Å². The van der Waals surface area contributed by atoms with E-state index in [1.165, 1.54) is 15.6 Å². The highest BCUT2D eigenvalue weighted by atomic mass is 35.5. The van der Waals surface area contributed by atoms with Crippen LogP contribution in [0.1, 0.15) is 29.9 Å². The first-order chi connectivity index (χ1) is 11.9. The van der Waals surface area contributed by atoms with Crippen molar-refractivity contribution in [2.75, 3.05) is 19.7 Å². The highest BCUT2D eigenvalue weighted by Gasteiger charge is 2.37. The van der Waals surface area contributed by atoms with E-state index >= 15 is 0 Å². The number of ether oxygens (including phenoxy) is 1. The van der Waals surface area contributed by atoms with Crippen LogP contribution in [0.25, 0.3) is 10.1 Å². The molecule has 144 valence electrons. The number of sulfonamides is 1. The van der Waals surface area contributed by atoms with Crippen molar-refractivity contribution in [2.45, 2.75) is 31.2 Å². The number of fused-ring (bicyclic) bond motifs is 1. The molecule has 1 saturated heterocycles. The molecule has 2 atom stereocenters. The quantitative estimate of drug-likeness (QED) is 0.754. The summed E-state index contributed by atoms with van der Waals surface area (Å²) in [5, 5.41) is 0.733. The van der Waals surface area contributed by atoms with Crippen LogP contribution in [-0.2, 0) is 14.8 Å². The molecule has 1 aliphatic rings. The minimum Gasteiger partial charge on any atom is -0.462 e. The number of hydrogen-bond donors (Lipinski definition) is 1. The molecular formula is C17H23ClN2O4S2. The summed E-state index contributed by atoms with van der Waals surface area (Å²) in [5.74, 6) is -0.183. The average Bonchev–Trinajstić information content (AvgIpc) is 3.17. The number of halogens is 1. The number of rotatable bonds is 5. The standard InChI is InChI=1S/C17H22N2O4S2.ClH/c1-3-23-17(20)16-8-13-7-14(4-5-15(13)24-16)25(21,22)19-10-12(9-18)6-11(19)2;/h4-5,7-8,11-12H,3,6,9-10,18H2,1-2H3;1H. The smallest absolute Gasteiger partial charge is 0.348 e. The topological polar surface area (TPSA) is 89.7 Å². The van der Waals surface area contributed by atoms with Gasteiger partial charge in [0.1, 0.15) is 4.88 Å². The monoisotopic (exact) mass is 418 g/mol. The van der Waals surface area contributed by atoms with Crippen molar-refractivity contribution in [1.82, 2.24) is 4.31 Å². The summed E-state index contributed by atoms with van der Waals surface area (Å²) in [4.78, 5) is 12.6. The van der Waals surface area contributed by atoms with Crippen LogP contribution in [-0.4, -0.2) is 44.4 Å². The molecule has 2 aromatic rings. The maximum absolute atomic E-state index is 13.0. The van der Waals surface area contributed by atoms with Gasteiger partial charge in [-0.25, -0.2) is 13.2 Å². The van der Waals surface area contributed by atoms with Crippen molar-refractivity contribution in [3.8, 4) is 0 Å². The van der Waals surface area contributed by atoms with Crippen LogP contribution < -0.4 is 5.73 Å². The van der Waals surface area contributed by atoms with Gasteiger partial charge >= 0.3 is 5.97 Å². The van der Waals surface area contributed by atoms with Crippen molar-refractivity contribution < 1.29 is 17.9 Å². The van der Waals surface area contributed by atoms with E-state index in [2.05, 4.69) is 0 Å². The molecule has 2 N–H and O–H groups in total. The second kappa shape index (κ2) is 8.22. The number of benzene rings is 1. The van der Waals surface area contributed by atoms with Gasteiger partial charge in [0.05, 0.1) is 11.5 Å². The summed E-state index contributed by atoms with van der Waals surface area (Å²) in [6.07, 6.45) is 0.781. The summed E-state index contributed by atoms with van der Waals surface area (Å²) in [6.45, 7) is 4.91. The number of carbonyl (C=O) groups is 1. The van der Waals surface area contributed by atoms with E-state index in [0.29, 0.717) is 24.6 Å². The molecule has 0 radical (unpaired) electrons. The minimum absolute atomic E-state index is 0. The molecule has 0 aliphatic carbocycles. The maximum atomic E-state index is 13.0. The summed E-state index contributed by atoms with van der Waals surface area (Å²) < 4.78 is 33.4. The predicted octanol–water partition coefficient (Wildman–Crippen LogP) is 2.86. The maximum Gasteiger partial charge on any atom is 0.348 e. The fourth-order valence-corrected chi connectivity index (χ4v) is 5.93. The molecule has 0 saturated carbocycles. The Labute approximate surface area is 163 Å². The summed E-state index contributed by atoms with van der Waals surface area (Å²) in [5.41, 5.74) is 5.71. The Kier molecular flexibility index (Phi) is 6.68. The van der Waals surface area contributed by atoms with Gasteiger partial charge in [0.2, 0.25) is 10.0 Å². The lowest BCUT2D eigenvalue weighted by Gasteiger charge is -2.21. The number of nitrogens with zero attached hydrogens (tertiary/aromatic N) is 1. The first-order valence-corrected chi connectivity index (χ1v) is 10.5. The number of thiophene rings is 1. The second-order valence-electron chi connectivity index (χ2n) is 6.29. The van der Waals surface area contributed by atoms with Crippen molar-refractivity contribution in [2.24, 2.45) is 11.7 Å². The Balaban J connectivity index is 0.00000243. The molecule has 0 spiro atoms. The highest BCUT2D eigenvalue weighted by Crippen LogP contribution is 2.32. The SMILES string of the molecule is CCOC(=O)c1cc2cc(S(=O)(=O)N3CC(CN)CC3C)ccc2s1.Cl. The fourth-order valence-electron chi connectivity index (χ4n) is 3.23. The molecule has 1 fully saturated rings. The normalized spacial score (nSPS) is 20.9. The molecule has 0 bridgehead atoms. The zero-order chi connectivity index (χ0) is 18.2. The minimum atomic E-state index is -3.58. The van der Waals surface area contributed by atoms with Crippen LogP contribution in [0.5, 0.6) is 0 Å². The lowest BCUT2D eigenvalue weighted by atomic mass is 10.1. The largest absolute Gasteiger partial charge is 0.462 e. The van der Waals surface area contributed by atoms with Crippen molar-refractivity contribution in [1.29, 1.82) is 0 Å². The number of hydrogen-bond acceptors (Lipinski definition) is 6. The van der Waals surface area contributed by atoms with Crippen LogP contribution in [0.3, 0.4) is 0 Å². The van der Waals surface area contributed by atoms with E-state index in [1.807, 2.05) is 6.92 Å². The molecule has 1 aromatic carbocycles. The average molecular weight is 419 g/mol. The van der Waals surface area contributed by atoms with Gasteiger partial charge in [0.15, 0.2) is 0 Å². The van der Waals surface area contributed by atoms with Gasteiger partial charge in [-0.2, -0.15) is 4.31 Å². The van der Waals surface area contributed by atoms with Gasteiger partial charge in [-0.05, 0) is 62.4 Å². The van der Waals surface area contributed by atoms with Gasteiger partial charge in [0.25, 0.3) is 0 Å². The van der Waals surface area contributed by atoms with Gasteiger partial charge in [-0.1, -0.05) is 0 Å². The van der Waals surface area contributed by atoms with E-state index in [9.17, 15) is 13.2 Å². The van der Waals surface area contributed by atoms with Gasteiger partial charge in [0, 0.05) is 17.3 Å². The summed E-state index contributed by atoms with van der Waals surface area (Å²) in [7, 11) is -3.58. The lowest BCUT2D eigenvalue weighted by Crippen LogP contribution is -2.34. The summed E-state index contributed by atoms with van der Waals surface area (Å²) in [6, 6.07) is 6.61. The zero-order valence-corrected chi connectivity index (χ0v) is 17.1. The molecule has 26 heavy (non-hydrogen) atoms. The molecule has 3 rings (SSSR count). The van der Waals surface area contributed by atoms with Crippen LogP contribution in [0, 0.1) is 5.92 Å². The van der Waals surface area contributed by atoms with E-state index in [1.54, 1.807) is 31.2 Å². The van der Waals surface area contributed by atoms with Crippen molar-refractivity contribution >= 4 is 49.8 Å². The van der Waals surface area contributed by atoms with Crippen molar-refractivity contribution in [3.05, 3.63) is 29.1 Å². The molecule has 2 unspecified atom stereocenters. The molecule has 2 heterocycles. The van der Waals surface area contributed by atoms with Gasteiger partial charge in [-0.3, -0.25) is 0 Å². The Hall–Kier alpha value is -1.19. The zero-order valence-electron chi connectivity index (χ0n) is 14.7. The molecule has 6 nitrogen and oxygen atoms in total. The van der Waals surface area contributed by atoms with E-state index in [-0.39, 0.29) is 35.2 Å². The Morgan fingerprint density at radius 2 is 2.12 bits per heavy atom. The molecular weight excluding hydrogens is 396 g/mol. The molecule has 1 aliphatic heterocycles. The molecule has 9 heteroatoms. The third-order valence-electron chi connectivity index (χ3n) is 4.51. The first kappa shape index (κ1) is 21.1. The number of esters is 1. The fraction of sp³-hybridized carbons (Fsp3) is 0.471. The first-order valence-electron chi connectivity index (χ1n) is 8.29. The summed E-state index contributed by atoms with van der Waals surface area (Å²) >= 11 is 1.30. The van der Waals surface area contributed by atoms with E-state index in [4.69, 9.17) is 10.5 Å². The third kappa shape index (κ3) is 3.89. The Morgan fingerprint density at radius 1 is 1.38 bits per heavy atom. The Morgan fingerprint density at radius 3 is 2.73 bits per heavy atom.